The molecule has 3 rings (SSSR count). The topological polar surface area (TPSA) is 61.8 Å². The number of hydrogen-bond donors (Lipinski definition) is 2. The molecule has 1 aromatic carbocycles. The van der Waals surface area contributed by atoms with Gasteiger partial charge in [0.2, 0.25) is 0 Å². The zero-order chi connectivity index (χ0) is 11.0. The Morgan fingerprint density at radius 1 is 1.06 bits per heavy atom. The molecule has 78 valence electrons. The third-order valence-electron chi connectivity index (χ3n) is 2.45. The lowest BCUT2D eigenvalue weighted by Crippen LogP contribution is -1.78. The summed E-state index contributed by atoms with van der Waals surface area (Å²) in [5.74, 6) is 0.244. The molecule has 3 aromatic rings. The van der Waals surface area contributed by atoms with Gasteiger partial charge in [-0.3, -0.25) is 4.98 Å². The van der Waals surface area contributed by atoms with Gasteiger partial charge in [0, 0.05) is 18.0 Å². The fourth-order valence-electron chi connectivity index (χ4n) is 1.70. The van der Waals surface area contributed by atoms with Crippen LogP contribution in [0, 0.1) is 0 Å². The molecule has 16 heavy (non-hydrogen) atoms. The molecule has 0 atom stereocenters. The molecule has 0 aliphatic rings. The monoisotopic (exact) mass is 211 g/mol. The first-order valence-electron chi connectivity index (χ1n) is 4.93. The molecule has 0 bridgehead atoms. The zero-order valence-corrected chi connectivity index (χ0v) is 8.38. The number of hydrogen-bond acceptors (Lipinski definition) is 3. The number of H-pyrrole nitrogens is 1. The molecule has 0 unspecified atom stereocenters. The van der Waals surface area contributed by atoms with Crippen molar-refractivity contribution in [1.29, 1.82) is 0 Å². The first-order chi connectivity index (χ1) is 7.84. The highest BCUT2D eigenvalue weighted by molar-refractivity contribution is 5.81. The van der Waals surface area contributed by atoms with Crippen molar-refractivity contribution < 1.29 is 5.11 Å². The maximum atomic E-state index is 9.73. The van der Waals surface area contributed by atoms with Crippen LogP contribution in [0.3, 0.4) is 0 Å². The largest absolute Gasteiger partial charge is 0.507 e. The molecule has 0 aliphatic carbocycles. The number of rotatable bonds is 1. The van der Waals surface area contributed by atoms with E-state index in [9.17, 15) is 5.11 Å². The van der Waals surface area contributed by atoms with E-state index in [1.807, 2.05) is 18.2 Å². The predicted octanol–water partition coefficient (Wildman–Crippen LogP) is 2.33. The Bertz CT molecular complexity index is 612. The predicted molar refractivity (Wildman–Crippen MR) is 61.0 cm³/mol. The van der Waals surface area contributed by atoms with Gasteiger partial charge in [0.1, 0.15) is 11.3 Å². The second-order valence-corrected chi connectivity index (χ2v) is 3.49. The highest BCUT2D eigenvalue weighted by atomic mass is 16.3. The van der Waals surface area contributed by atoms with Crippen molar-refractivity contribution in [3.8, 4) is 17.0 Å². The van der Waals surface area contributed by atoms with Gasteiger partial charge in [-0.1, -0.05) is 12.1 Å². The van der Waals surface area contributed by atoms with Crippen molar-refractivity contribution in [3.63, 3.8) is 0 Å². The van der Waals surface area contributed by atoms with Gasteiger partial charge in [-0.25, -0.2) is 4.98 Å². The minimum absolute atomic E-state index is 0.244. The third kappa shape index (κ3) is 1.32. The van der Waals surface area contributed by atoms with Crippen LogP contribution in [0.25, 0.3) is 22.4 Å². The quantitative estimate of drug-likeness (QED) is 0.649. The molecule has 0 radical (unpaired) electrons. The SMILES string of the molecule is Oc1ccccc1-c1cc2nccnc2[nH]1. The number of phenolic OH excluding ortho intramolecular Hbond substituents is 1. The summed E-state index contributed by atoms with van der Waals surface area (Å²) in [6.07, 6.45) is 3.28. The number of aromatic amines is 1. The molecule has 4 nitrogen and oxygen atoms in total. The van der Waals surface area contributed by atoms with Crippen molar-refractivity contribution in [1.82, 2.24) is 15.0 Å². The molecule has 0 amide bonds. The van der Waals surface area contributed by atoms with E-state index < -0.39 is 0 Å². The van der Waals surface area contributed by atoms with Crippen molar-refractivity contribution in [3.05, 3.63) is 42.7 Å². The maximum Gasteiger partial charge on any atom is 0.156 e. The maximum absolute atomic E-state index is 9.73. The van der Waals surface area contributed by atoms with Gasteiger partial charge >= 0.3 is 0 Å². The number of fused-ring (bicyclic) bond motifs is 1. The van der Waals surface area contributed by atoms with Crippen LogP contribution in [0.4, 0.5) is 0 Å². The minimum Gasteiger partial charge on any atom is -0.507 e. The smallest absolute Gasteiger partial charge is 0.156 e. The molecule has 0 fully saturated rings. The van der Waals surface area contributed by atoms with Gasteiger partial charge in [0.05, 0.1) is 5.69 Å². The lowest BCUT2D eigenvalue weighted by Gasteiger charge is -1.99. The van der Waals surface area contributed by atoms with Crippen molar-refractivity contribution in [2.24, 2.45) is 0 Å². The van der Waals surface area contributed by atoms with Gasteiger partial charge in [-0.2, -0.15) is 0 Å². The summed E-state index contributed by atoms with van der Waals surface area (Å²) in [6.45, 7) is 0. The van der Waals surface area contributed by atoms with E-state index >= 15 is 0 Å². The highest BCUT2D eigenvalue weighted by Gasteiger charge is 2.07. The third-order valence-corrected chi connectivity index (χ3v) is 2.45. The molecule has 4 heteroatoms. The number of aromatic hydroxyl groups is 1. The van der Waals surface area contributed by atoms with Crippen LogP contribution in [0.2, 0.25) is 0 Å². The second-order valence-electron chi connectivity index (χ2n) is 3.49. The number of nitrogens with one attached hydrogen (secondary N) is 1. The number of aromatic nitrogens is 3. The number of phenols is 1. The first kappa shape index (κ1) is 8.91. The summed E-state index contributed by atoms with van der Waals surface area (Å²) in [6, 6.07) is 9.04. The van der Waals surface area contributed by atoms with Gasteiger partial charge in [-0.15, -0.1) is 0 Å². The molecular formula is C12H9N3O. The summed E-state index contributed by atoms with van der Waals surface area (Å²) < 4.78 is 0. The standard InChI is InChI=1S/C12H9N3O/c16-11-4-2-1-3-8(11)9-7-10-12(15-9)14-6-5-13-10/h1-7,16H,(H,14,15). The Kier molecular flexibility index (Phi) is 1.86. The van der Waals surface area contributed by atoms with Crippen LogP contribution in [0.5, 0.6) is 5.75 Å². The summed E-state index contributed by atoms with van der Waals surface area (Å²) in [4.78, 5) is 11.5. The molecule has 2 aromatic heterocycles. The summed E-state index contributed by atoms with van der Waals surface area (Å²) >= 11 is 0. The Hall–Kier alpha value is -2.36. The van der Waals surface area contributed by atoms with Crippen LogP contribution in [-0.2, 0) is 0 Å². The van der Waals surface area contributed by atoms with E-state index in [2.05, 4.69) is 15.0 Å². The van der Waals surface area contributed by atoms with Crippen LogP contribution in [0.1, 0.15) is 0 Å². The fraction of sp³-hybridized carbons (Fsp3) is 0. The fourth-order valence-corrected chi connectivity index (χ4v) is 1.70. The van der Waals surface area contributed by atoms with E-state index in [4.69, 9.17) is 0 Å². The van der Waals surface area contributed by atoms with Crippen LogP contribution in [0.15, 0.2) is 42.7 Å². The summed E-state index contributed by atoms with van der Waals surface area (Å²) in [7, 11) is 0. The number of benzene rings is 1. The van der Waals surface area contributed by atoms with Crippen molar-refractivity contribution in [2.75, 3.05) is 0 Å². The Labute approximate surface area is 91.6 Å². The van der Waals surface area contributed by atoms with Crippen molar-refractivity contribution >= 4 is 11.2 Å². The highest BCUT2D eigenvalue weighted by Crippen LogP contribution is 2.29. The van der Waals surface area contributed by atoms with Gasteiger partial charge in [-0.05, 0) is 18.2 Å². The zero-order valence-electron chi connectivity index (χ0n) is 8.38. The van der Waals surface area contributed by atoms with Crippen LogP contribution in [-0.4, -0.2) is 20.1 Å². The van der Waals surface area contributed by atoms with Gasteiger partial charge in [0.15, 0.2) is 5.65 Å². The Morgan fingerprint density at radius 3 is 2.69 bits per heavy atom. The second kappa shape index (κ2) is 3.34. The van der Waals surface area contributed by atoms with E-state index in [1.54, 1.807) is 24.5 Å². The number of para-hydroxylation sites is 1. The van der Waals surface area contributed by atoms with Crippen LogP contribution < -0.4 is 0 Å². The first-order valence-corrected chi connectivity index (χ1v) is 4.93. The van der Waals surface area contributed by atoms with Crippen LogP contribution >= 0.6 is 0 Å². The van der Waals surface area contributed by atoms with Gasteiger partial charge in [0.25, 0.3) is 0 Å². The average molecular weight is 211 g/mol. The van der Waals surface area contributed by atoms with E-state index in [1.165, 1.54) is 0 Å². The lowest BCUT2D eigenvalue weighted by molar-refractivity contribution is 0.477. The normalized spacial score (nSPS) is 10.8. The molecule has 0 saturated carbocycles. The molecule has 2 heterocycles. The minimum atomic E-state index is 0.244. The summed E-state index contributed by atoms with van der Waals surface area (Å²) in [5.41, 5.74) is 3.09. The van der Waals surface area contributed by atoms with E-state index in [0.717, 1.165) is 22.4 Å². The average Bonchev–Trinajstić information content (AvgIpc) is 2.73. The molecule has 0 saturated heterocycles. The molecule has 2 N–H and O–H groups in total. The molecule has 0 spiro atoms. The van der Waals surface area contributed by atoms with Crippen molar-refractivity contribution in [2.45, 2.75) is 0 Å². The Morgan fingerprint density at radius 2 is 1.88 bits per heavy atom. The van der Waals surface area contributed by atoms with E-state index in [-0.39, 0.29) is 5.75 Å². The summed E-state index contributed by atoms with van der Waals surface area (Å²) in [5, 5.41) is 9.73. The Balaban J connectivity index is 2.23. The molecular weight excluding hydrogens is 202 g/mol. The van der Waals surface area contributed by atoms with Gasteiger partial charge < -0.3 is 10.1 Å². The van der Waals surface area contributed by atoms with E-state index in [0.29, 0.717) is 0 Å². The number of nitrogens with zero attached hydrogens (tertiary/aromatic N) is 2. The lowest BCUT2D eigenvalue weighted by atomic mass is 10.1. The molecule has 0 aliphatic heterocycles.